The van der Waals surface area contributed by atoms with Crippen LogP contribution in [0, 0.1) is 18.3 Å². The smallest absolute Gasteiger partial charge is 0.205 e. The highest BCUT2D eigenvalue weighted by molar-refractivity contribution is 5.81. The molecule has 4 nitrogen and oxygen atoms in total. The maximum absolute atomic E-state index is 8.70. The molecule has 0 spiro atoms. The van der Waals surface area contributed by atoms with Crippen LogP contribution in [0.3, 0.4) is 0 Å². The number of aromatic nitrogens is 2. The number of nitriles is 1. The van der Waals surface area contributed by atoms with Crippen molar-refractivity contribution >= 4 is 17.0 Å². The van der Waals surface area contributed by atoms with E-state index in [9.17, 15) is 0 Å². The average molecular weight is 262 g/mol. The summed E-state index contributed by atoms with van der Waals surface area (Å²) in [5, 5.41) is 8.70. The van der Waals surface area contributed by atoms with Crippen LogP contribution >= 0.6 is 0 Å². The number of aryl methyl sites for hydroxylation is 1. The Labute approximate surface area is 117 Å². The third kappa shape index (κ3) is 1.99. The number of hydrogen-bond donors (Lipinski definition) is 1. The quantitative estimate of drug-likeness (QED) is 0.772. The van der Waals surface area contributed by atoms with Gasteiger partial charge in [-0.1, -0.05) is 18.2 Å². The van der Waals surface area contributed by atoms with Crippen LogP contribution < -0.4 is 5.73 Å². The van der Waals surface area contributed by atoms with Gasteiger partial charge in [0.2, 0.25) is 5.95 Å². The van der Waals surface area contributed by atoms with Crippen molar-refractivity contribution in [2.75, 3.05) is 5.73 Å². The molecule has 0 unspecified atom stereocenters. The van der Waals surface area contributed by atoms with E-state index in [4.69, 9.17) is 11.0 Å². The summed E-state index contributed by atoms with van der Waals surface area (Å²) in [6, 6.07) is 16.0. The maximum Gasteiger partial charge on any atom is 0.205 e. The van der Waals surface area contributed by atoms with E-state index in [0.29, 0.717) is 12.4 Å². The second kappa shape index (κ2) is 4.71. The van der Waals surface area contributed by atoms with Crippen LogP contribution in [0.25, 0.3) is 16.7 Å². The molecule has 4 heteroatoms. The van der Waals surface area contributed by atoms with Gasteiger partial charge in [0.1, 0.15) is 0 Å². The van der Waals surface area contributed by atoms with Gasteiger partial charge < -0.3 is 5.73 Å². The Bertz CT molecular complexity index is 807. The molecule has 0 fully saturated rings. The molecule has 3 aromatic rings. The molecule has 0 aliphatic heterocycles. The zero-order chi connectivity index (χ0) is 14.1. The first-order valence-corrected chi connectivity index (χ1v) is 6.40. The Balaban J connectivity index is 2.14. The fraction of sp³-hybridized carbons (Fsp3) is 0.125. The fourth-order valence-corrected chi connectivity index (χ4v) is 2.33. The first-order chi connectivity index (χ1) is 9.69. The van der Waals surface area contributed by atoms with E-state index in [0.717, 1.165) is 27.8 Å². The molecular formula is C16H14N4. The third-order valence-electron chi connectivity index (χ3n) is 3.31. The summed E-state index contributed by atoms with van der Waals surface area (Å²) >= 11 is 0. The van der Waals surface area contributed by atoms with Crippen LogP contribution in [0.15, 0.2) is 42.5 Å². The predicted octanol–water partition coefficient (Wildman–Crippen LogP) is 2.98. The lowest BCUT2D eigenvalue weighted by molar-refractivity contribution is 1.10. The van der Waals surface area contributed by atoms with Gasteiger partial charge in [-0.05, 0) is 42.3 Å². The van der Waals surface area contributed by atoms with Crippen molar-refractivity contribution in [2.24, 2.45) is 0 Å². The number of fused-ring (bicyclic) bond motifs is 1. The molecule has 0 aliphatic carbocycles. The SMILES string of the molecule is Cc1ccc2c(c1)nc(N)n2-c1ccc(CC#N)cc1. The van der Waals surface area contributed by atoms with Crippen molar-refractivity contribution < 1.29 is 0 Å². The number of nitrogens with two attached hydrogens (primary N) is 1. The number of nitrogen functional groups attached to an aromatic ring is 1. The van der Waals surface area contributed by atoms with Crippen LogP contribution in [0.4, 0.5) is 5.95 Å². The molecule has 0 atom stereocenters. The second-order valence-electron chi connectivity index (χ2n) is 4.80. The number of anilines is 1. The lowest BCUT2D eigenvalue weighted by Crippen LogP contribution is -2.00. The molecule has 0 bridgehead atoms. The van der Waals surface area contributed by atoms with Gasteiger partial charge >= 0.3 is 0 Å². The lowest BCUT2D eigenvalue weighted by atomic mass is 10.1. The van der Waals surface area contributed by atoms with Gasteiger partial charge in [-0.2, -0.15) is 5.26 Å². The molecule has 2 aromatic carbocycles. The fourth-order valence-electron chi connectivity index (χ4n) is 2.33. The highest BCUT2D eigenvalue weighted by Gasteiger charge is 2.09. The van der Waals surface area contributed by atoms with Crippen molar-refractivity contribution in [2.45, 2.75) is 13.3 Å². The Morgan fingerprint density at radius 3 is 2.65 bits per heavy atom. The molecule has 2 N–H and O–H groups in total. The van der Waals surface area contributed by atoms with Gasteiger partial charge in [0.05, 0.1) is 23.5 Å². The van der Waals surface area contributed by atoms with Gasteiger partial charge in [0.25, 0.3) is 0 Å². The summed E-state index contributed by atoms with van der Waals surface area (Å²) in [5.41, 5.74) is 11.0. The summed E-state index contributed by atoms with van der Waals surface area (Å²) in [6.45, 7) is 2.03. The standard InChI is InChI=1S/C16H14N4/c1-11-2-7-15-14(10-11)19-16(18)20(15)13-5-3-12(4-6-13)8-9-17/h2-7,10H,8H2,1H3,(H2,18,19). The number of hydrogen-bond acceptors (Lipinski definition) is 3. The van der Waals surface area contributed by atoms with E-state index < -0.39 is 0 Å². The first kappa shape index (κ1) is 12.2. The van der Waals surface area contributed by atoms with E-state index >= 15 is 0 Å². The van der Waals surface area contributed by atoms with Crippen molar-refractivity contribution in [1.82, 2.24) is 9.55 Å². The van der Waals surface area contributed by atoms with Crippen LogP contribution in [-0.2, 0) is 6.42 Å². The Hall–Kier alpha value is -2.80. The van der Waals surface area contributed by atoms with E-state index in [-0.39, 0.29) is 0 Å². The van der Waals surface area contributed by atoms with Crippen molar-refractivity contribution in [3.63, 3.8) is 0 Å². The van der Waals surface area contributed by atoms with Crippen LogP contribution in [0.5, 0.6) is 0 Å². The minimum absolute atomic E-state index is 0.416. The summed E-state index contributed by atoms with van der Waals surface area (Å²) < 4.78 is 1.92. The molecule has 1 aromatic heterocycles. The Kier molecular flexibility index (Phi) is 2.88. The van der Waals surface area contributed by atoms with E-state index in [2.05, 4.69) is 11.1 Å². The van der Waals surface area contributed by atoms with Gasteiger partial charge in [0.15, 0.2) is 0 Å². The van der Waals surface area contributed by atoms with Crippen LogP contribution in [0.2, 0.25) is 0 Å². The molecular weight excluding hydrogens is 248 g/mol. The molecule has 98 valence electrons. The van der Waals surface area contributed by atoms with Crippen molar-refractivity contribution in [3.8, 4) is 11.8 Å². The van der Waals surface area contributed by atoms with E-state index in [1.54, 1.807) is 0 Å². The molecule has 0 aliphatic rings. The summed E-state index contributed by atoms with van der Waals surface area (Å²) in [5.74, 6) is 0.471. The molecule has 1 heterocycles. The lowest BCUT2D eigenvalue weighted by Gasteiger charge is -2.07. The number of rotatable bonds is 2. The van der Waals surface area contributed by atoms with Gasteiger partial charge in [0, 0.05) is 5.69 Å². The topological polar surface area (TPSA) is 67.6 Å². The zero-order valence-corrected chi connectivity index (χ0v) is 11.2. The molecule has 0 radical (unpaired) electrons. The average Bonchev–Trinajstić information content (AvgIpc) is 2.75. The summed E-state index contributed by atoms with van der Waals surface area (Å²) in [6.07, 6.45) is 0.416. The normalized spacial score (nSPS) is 10.6. The minimum Gasteiger partial charge on any atom is -0.369 e. The van der Waals surface area contributed by atoms with Gasteiger partial charge in [-0.25, -0.2) is 4.98 Å². The summed E-state index contributed by atoms with van der Waals surface area (Å²) in [7, 11) is 0. The van der Waals surface area contributed by atoms with Crippen molar-refractivity contribution in [3.05, 3.63) is 53.6 Å². The van der Waals surface area contributed by atoms with E-state index in [1.807, 2.05) is 54.0 Å². The largest absolute Gasteiger partial charge is 0.369 e. The number of imidazole rings is 1. The van der Waals surface area contributed by atoms with Gasteiger partial charge in [-0.3, -0.25) is 4.57 Å². The third-order valence-corrected chi connectivity index (χ3v) is 3.31. The Morgan fingerprint density at radius 1 is 1.20 bits per heavy atom. The maximum atomic E-state index is 8.70. The van der Waals surface area contributed by atoms with Crippen LogP contribution in [-0.4, -0.2) is 9.55 Å². The molecule has 3 rings (SSSR count). The highest BCUT2D eigenvalue weighted by Crippen LogP contribution is 2.24. The summed E-state index contributed by atoms with van der Waals surface area (Å²) in [4.78, 5) is 4.40. The predicted molar refractivity (Wildman–Crippen MR) is 79.5 cm³/mol. The van der Waals surface area contributed by atoms with E-state index in [1.165, 1.54) is 0 Å². The second-order valence-corrected chi connectivity index (χ2v) is 4.80. The molecule has 0 saturated heterocycles. The highest BCUT2D eigenvalue weighted by atomic mass is 15.2. The van der Waals surface area contributed by atoms with Crippen LogP contribution in [0.1, 0.15) is 11.1 Å². The molecule has 0 amide bonds. The molecule has 0 saturated carbocycles. The minimum atomic E-state index is 0.416. The Morgan fingerprint density at radius 2 is 1.95 bits per heavy atom. The number of benzene rings is 2. The molecule has 20 heavy (non-hydrogen) atoms. The number of nitrogens with zero attached hydrogens (tertiary/aromatic N) is 3. The zero-order valence-electron chi connectivity index (χ0n) is 11.2. The first-order valence-electron chi connectivity index (χ1n) is 6.40. The monoisotopic (exact) mass is 262 g/mol. The van der Waals surface area contributed by atoms with Crippen molar-refractivity contribution in [1.29, 1.82) is 5.26 Å². The van der Waals surface area contributed by atoms with Gasteiger partial charge in [-0.15, -0.1) is 0 Å².